The number of fused-ring (bicyclic) bond motifs is 8. The lowest BCUT2D eigenvalue weighted by Crippen LogP contribution is -2.41. The number of benzene rings is 5. The predicted molar refractivity (Wildman–Crippen MR) is 167 cm³/mol. The third kappa shape index (κ3) is 3.46. The zero-order chi connectivity index (χ0) is 27.2. The van der Waals surface area contributed by atoms with Crippen molar-refractivity contribution < 1.29 is 13.7 Å². The molecule has 0 amide bonds. The van der Waals surface area contributed by atoms with Gasteiger partial charge < -0.3 is 13.7 Å². The number of rotatable bonds is 2. The molecule has 2 heterocycles. The summed E-state index contributed by atoms with van der Waals surface area (Å²) in [4.78, 5) is 0. The second-order valence-electron chi connectivity index (χ2n) is 12.3. The van der Waals surface area contributed by atoms with E-state index in [9.17, 15) is 0 Å². The van der Waals surface area contributed by atoms with E-state index in [0.717, 1.165) is 45.8 Å². The first-order chi connectivity index (χ1) is 19.3. The van der Waals surface area contributed by atoms with Crippen LogP contribution in [0.15, 0.2) is 89.4 Å². The van der Waals surface area contributed by atoms with E-state index in [1.54, 1.807) is 0 Å². The summed E-state index contributed by atoms with van der Waals surface area (Å²) in [6.07, 6.45) is 6.84. The Kier molecular flexibility index (Phi) is 4.99. The number of aryl methyl sites for hydroxylation is 1. The maximum absolute atomic E-state index is 6.44. The quantitative estimate of drug-likeness (QED) is 0.168. The van der Waals surface area contributed by atoms with E-state index < -0.39 is 18.3 Å². The van der Waals surface area contributed by atoms with E-state index in [1.165, 1.54) is 38.2 Å². The molecule has 3 nitrogen and oxygen atoms in total. The minimum atomic E-state index is -0.451. The van der Waals surface area contributed by atoms with Gasteiger partial charge in [0.15, 0.2) is 0 Å². The molecular weight excluding hydrogens is 491 g/mol. The van der Waals surface area contributed by atoms with E-state index in [4.69, 9.17) is 13.7 Å². The lowest BCUT2D eigenvalue weighted by atomic mass is 9.76. The molecule has 0 bridgehead atoms. The van der Waals surface area contributed by atoms with Crippen LogP contribution in [-0.4, -0.2) is 18.3 Å². The largest absolute Gasteiger partial charge is 0.495 e. The van der Waals surface area contributed by atoms with Crippen molar-refractivity contribution in [3.63, 3.8) is 0 Å². The highest BCUT2D eigenvalue weighted by Crippen LogP contribution is 2.39. The van der Waals surface area contributed by atoms with Crippen molar-refractivity contribution >= 4 is 62.1 Å². The lowest BCUT2D eigenvalue weighted by Gasteiger charge is -2.32. The summed E-state index contributed by atoms with van der Waals surface area (Å²) in [6.45, 7) is 8.36. The molecular formula is C36H31BO3. The minimum absolute atomic E-state index is 0.407. The molecule has 8 rings (SSSR count). The van der Waals surface area contributed by atoms with Crippen molar-refractivity contribution in [1.29, 1.82) is 0 Å². The highest BCUT2D eigenvalue weighted by molar-refractivity contribution is 6.66. The van der Waals surface area contributed by atoms with Gasteiger partial charge in [0.25, 0.3) is 0 Å². The van der Waals surface area contributed by atoms with Gasteiger partial charge in [0.05, 0.1) is 11.2 Å². The van der Waals surface area contributed by atoms with Gasteiger partial charge in [-0.25, -0.2) is 0 Å². The van der Waals surface area contributed by atoms with Crippen LogP contribution in [0.4, 0.5) is 0 Å². The Labute approximate surface area is 234 Å². The monoisotopic (exact) mass is 522 g/mol. The van der Waals surface area contributed by atoms with Gasteiger partial charge in [-0.15, -0.1) is 0 Å². The smallest absolute Gasteiger partial charge is 0.456 e. The fourth-order valence-corrected chi connectivity index (χ4v) is 6.45. The van der Waals surface area contributed by atoms with Crippen LogP contribution in [0.3, 0.4) is 0 Å². The molecule has 4 heteroatoms. The van der Waals surface area contributed by atoms with E-state index in [2.05, 4.69) is 107 Å². The Morgan fingerprint density at radius 3 is 2.27 bits per heavy atom. The Hall–Kier alpha value is -3.86. The normalized spacial score (nSPS) is 17.9. The number of allylic oxidation sites excluding steroid dienone is 1. The van der Waals surface area contributed by atoms with E-state index in [0.29, 0.717) is 0 Å². The first-order valence-corrected chi connectivity index (χ1v) is 14.3. The van der Waals surface area contributed by atoms with Crippen LogP contribution in [0.5, 0.6) is 0 Å². The highest BCUT2D eigenvalue weighted by Gasteiger charge is 2.52. The number of hydrogen-bond acceptors (Lipinski definition) is 3. The Morgan fingerprint density at radius 1 is 0.675 bits per heavy atom. The van der Waals surface area contributed by atoms with Gasteiger partial charge in [0, 0.05) is 10.8 Å². The topological polar surface area (TPSA) is 31.6 Å². The van der Waals surface area contributed by atoms with Gasteiger partial charge in [-0.2, -0.15) is 0 Å². The van der Waals surface area contributed by atoms with Crippen molar-refractivity contribution in [2.75, 3.05) is 0 Å². The molecule has 1 fully saturated rings. The summed E-state index contributed by atoms with van der Waals surface area (Å²) >= 11 is 0. The number of furan rings is 1. The second-order valence-corrected chi connectivity index (χ2v) is 12.3. The molecule has 5 aromatic carbocycles. The Balaban J connectivity index is 1.26. The molecule has 0 radical (unpaired) electrons. The SMILES string of the molecule is CC1(C)OB(c2cccc3oc4ccc(-c5ccc6c(ccc7c8c(ccc76)CCC=C8)c5)cc4c23)OC1(C)C. The van der Waals surface area contributed by atoms with E-state index in [-0.39, 0.29) is 0 Å². The van der Waals surface area contributed by atoms with Crippen molar-refractivity contribution in [1.82, 2.24) is 0 Å². The summed E-state index contributed by atoms with van der Waals surface area (Å²) in [5.41, 5.74) is 7.09. The standard InChI is InChI=1S/C36H31BO3/c1-35(2)36(3,4)40-37(39-35)31-10-7-11-33-34(31)30-21-24(15-19-32(30)38-33)23-13-16-27-25(20-23)14-18-28-26-9-6-5-8-22(26)12-17-29(27)28/h6-7,9-21H,5,8H2,1-4H3. The average molecular weight is 522 g/mol. The molecule has 40 heavy (non-hydrogen) atoms. The molecule has 1 aliphatic heterocycles. The van der Waals surface area contributed by atoms with Crippen LogP contribution in [0.2, 0.25) is 0 Å². The van der Waals surface area contributed by atoms with Gasteiger partial charge >= 0.3 is 7.12 Å². The number of hydrogen-bond donors (Lipinski definition) is 0. The van der Waals surface area contributed by atoms with Gasteiger partial charge in [-0.05, 0) is 114 Å². The molecule has 6 aromatic rings. The van der Waals surface area contributed by atoms with Crippen LogP contribution in [-0.2, 0) is 15.7 Å². The third-order valence-corrected chi connectivity index (χ3v) is 9.38. The summed E-state index contributed by atoms with van der Waals surface area (Å²) in [5.74, 6) is 0. The first-order valence-electron chi connectivity index (χ1n) is 14.3. The van der Waals surface area contributed by atoms with Crippen LogP contribution in [0, 0.1) is 0 Å². The Morgan fingerprint density at radius 2 is 1.43 bits per heavy atom. The lowest BCUT2D eigenvalue weighted by molar-refractivity contribution is 0.00578. The van der Waals surface area contributed by atoms with Crippen molar-refractivity contribution in [3.8, 4) is 11.1 Å². The van der Waals surface area contributed by atoms with Gasteiger partial charge in [-0.1, -0.05) is 66.7 Å². The van der Waals surface area contributed by atoms with Gasteiger partial charge in [0.1, 0.15) is 11.2 Å². The van der Waals surface area contributed by atoms with Crippen molar-refractivity contribution in [2.45, 2.75) is 51.7 Å². The summed E-state index contributed by atoms with van der Waals surface area (Å²) in [6, 6.07) is 28.6. The average Bonchev–Trinajstić information content (AvgIpc) is 3.44. The van der Waals surface area contributed by atoms with Crippen LogP contribution in [0.1, 0.15) is 45.2 Å². The molecule has 0 saturated carbocycles. The second kappa shape index (κ2) is 8.33. The summed E-state index contributed by atoms with van der Waals surface area (Å²) < 4.78 is 19.2. The van der Waals surface area contributed by atoms with E-state index >= 15 is 0 Å². The minimum Gasteiger partial charge on any atom is -0.456 e. The zero-order valence-electron chi connectivity index (χ0n) is 23.4. The van der Waals surface area contributed by atoms with Gasteiger partial charge in [0.2, 0.25) is 0 Å². The van der Waals surface area contributed by atoms with Crippen LogP contribution in [0.25, 0.3) is 60.7 Å². The zero-order valence-corrected chi connectivity index (χ0v) is 23.4. The fourth-order valence-electron chi connectivity index (χ4n) is 6.45. The maximum atomic E-state index is 6.44. The fraction of sp³-hybridized carbons (Fsp3) is 0.222. The maximum Gasteiger partial charge on any atom is 0.495 e. The van der Waals surface area contributed by atoms with Crippen molar-refractivity contribution in [2.24, 2.45) is 0 Å². The van der Waals surface area contributed by atoms with Crippen LogP contribution >= 0.6 is 0 Å². The molecule has 1 aliphatic carbocycles. The molecule has 0 unspecified atom stereocenters. The summed E-state index contributed by atoms with van der Waals surface area (Å²) in [5, 5.41) is 7.34. The molecule has 0 N–H and O–H groups in total. The van der Waals surface area contributed by atoms with E-state index in [1.807, 2.05) is 12.1 Å². The van der Waals surface area contributed by atoms with Crippen LogP contribution < -0.4 is 5.46 Å². The highest BCUT2D eigenvalue weighted by atomic mass is 16.7. The third-order valence-electron chi connectivity index (χ3n) is 9.38. The Bertz CT molecular complexity index is 2010. The molecule has 1 saturated heterocycles. The van der Waals surface area contributed by atoms with Gasteiger partial charge in [-0.3, -0.25) is 0 Å². The van der Waals surface area contributed by atoms with Crippen molar-refractivity contribution in [3.05, 3.63) is 96.1 Å². The summed E-state index contributed by atoms with van der Waals surface area (Å²) in [7, 11) is -0.451. The molecule has 2 aliphatic rings. The predicted octanol–water partition coefficient (Wildman–Crippen LogP) is 8.82. The molecule has 0 atom stereocenters. The molecule has 1 aromatic heterocycles. The molecule has 0 spiro atoms. The molecule has 196 valence electrons. The first kappa shape index (κ1) is 24.0.